The number of amides is 1. The van der Waals surface area contributed by atoms with E-state index >= 15 is 0 Å². The lowest BCUT2D eigenvalue weighted by atomic mass is 9.82. The number of ether oxygens (including phenoxy) is 2. The molecule has 1 aliphatic carbocycles. The maximum atomic E-state index is 12.8. The Hall–Kier alpha value is -3.08. The van der Waals surface area contributed by atoms with Gasteiger partial charge in [0, 0.05) is 24.4 Å². The van der Waals surface area contributed by atoms with Gasteiger partial charge in [-0.2, -0.15) is 0 Å². The molecular formula is C22H28N2O8S. The van der Waals surface area contributed by atoms with Gasteiger partial charge in [0.25, 0.3) is 0 Å². The van der Waals surface area contributed by atoms with Crippen LogP contribution in [0.1, 0.15) is 36.0 Å². The summed E-state index contributed by atoms with van der Waals surface area (Å²) in [6.07, 6.45) is 4.78. The summed E-state index contributed by atoms with van der Waals surface area (Å²) in [7, 11) is 1.56. The molecule has 2 rings (SSSR count). The van der Waals surface area contributed by atoms with Crippen LogP contribution in [-0.2, 0) is 14.4 Å². The Morgan fingerprint density at radius 2 is 1.55 bits per heavy atom. The number of carboxylic acids is 2. The summed E-state index contributed by atoms with van der Waals surface area (Å²) in [6.45, 7) is -1.53. The van der Waals surface area contributed by atoms with Gasteiger partial charge in [0.1, 0.15) is 0 Å². The molecule has 0 heterocycles. The zero-order valence-corrected chi connectivity index (χ0v) is 19.4. The van der Waals surface area contributed by atoms with Gasteiger partial charge in [-0.25, -0.2) is 9.59 Å². The zero-order chi connectivity index (χ0) is 24.5. The fourth-order valence-electron chi connectivity index (χ4n) is 3.66. The first-order valence-corrected chi connectivity index (χ1v) is 11.6. The molecule has 0 bridgehead atoms. The van der Waals surface area contributed by atoms with Crippen molar-refractivity contribution in [3.8, 4) is 11.5 Å². The fraction of sp³-hybridized carbons (Fsp3) is 0.500. The number of ketones is 1. The number of rotatable bonds is 11. The Bertz CT molecular complexity index is 912. The number of hydrogen-bond acceptors (Lipinski definition) is 8. The summed E-state index contributed by atoms with van der Waals surface area (Å²) >= 11 is 1.43. The second kappa shape index (κ2) is 12.2. The van der Waals surface area contributed by atoms with Crippen molar-refractivity contribution in [3.63, 3.8) is 0 Å². The first-order chi connectivity index (χ1) is 15.6. The monoisotopic (exact) mass is 480 g/mol. The molecule has 0 unspecified atom stereocenters. The van der Waals surface area contributed by atoms with Crippen molar-refractivity contribution < 1.29 is 38.9 Å². The van der Waals surface area contributed by atoms with E-state index in [0.717, 1.165) is 12.8 Å². The molecule has 33 heavy (non-hydrogen) atoms. The van der Waals surface area contributed by atoms with Crippen LogP contribution in [0.3, 0.4) is 0 Å². The maximum Gasteiger partial charge on any atom is 0.341 e. The highest BCUT2D eigenvalue weighted by Gasteiger charge is 2.30. The molecule has 1 aromatic carbocycles. The summed E-state index contributed by atoms with van der Waals surface area (Å²) in [5.74, 6) is -3.05. The first-order valence-electron chi connectivity index (χ1n) is 10.4. The van der Waals surface area contributed by atoms with Gasteiger partial charge < -0.3 is 24.6 Å². The van der Waals surface area contributed by atoms with Gasteiger partial charge in [-0.05, 0) is 50.1 Å². The molecule has 0 atom stereocenters. The largest absolute Gasteiger partial charge is 0.479 e. The van der Waals surface area contributed by atoms with Crippen molar-refractivity contribution in [2.24, 2.45) is 11.8 Å². The number of thioether (sulfide) groups is 1. The van der Waals surface area contributed by atoms with Crippen LogP contribution >= 0.6 is 11.8 Å². The minimum atomic E-state index is -1.25. The third-order valence-corrected chi connectivity index (χ3v) is 6.17. The number of nitrogens with zero attached hydrogens (tertiary/aromatic N) is 1. The number of hydrogen-bond donors (Lipinski definition) is 3. The van der Waals surface area contributed by atoms with Gasteiger partial charge in [-0.3, -0.25) is 15.0 Å². The number of carboxylic acid groups (broad SMARTS) is 2. The summed E-state index contributed by atoms with van der Waals surface area (Å²) in [5, 5.41) is 26.2. The average Bonchev–Trinajstić information content (AvgIpc) is 2.80. The second-order valence-corrected chi connectivity index (χ2v) is 8.61. The van der Waals surface area contributed by atoms with Gasteiger partial charge in [0.05, 0.1) is 11.6 Å². The number of benzene rings is 1. The van der Waals surface area contributed by atoms with Gasteiger partial charge >= 0.3 is 11.9 Å². The SMILES string of the molecule is CSC(=N)C1CCC(C(=O)N(C)CC(=O)c2ccc(OCC(=O)O)c(OCC(=O)O)c2)CC1. The fourth-order valence-corrected chi connectivity index (χ4v) is 4.23. The number of Topliss-reactive ketones (excluding diaryl/α,β-unsaturated/α-hetero) is 1. The lowest BCUT2D eigenvalue weighted by Gasteiger charge is -2.30. The van der Waals surface area contributed by atoms with Gasteiger partial charge in [0.2, 0.25) is 5.91 Å². The smallest absolute Gasteiger partial charge is 0.341 e. The van der Waals surface area contributed by atoms with Crippen molar-refractivity contribution in [1.29, 1.82) is 5.41 Å². The molecule has 1 aliphatic rings. The Kier molecular flexibility index (Phi) is 9.71. The molecule has 1 aromatic rings. The van der Waals surface area contributed by atoms with Gasteiger partial charge in [-0.15, -0.1) is 11.8 Å². The van der Waals surface area contributed by atoms with Crippen molar-refractivity contribution >= 4 is 40.4 Å². The predicted octanol–water partition coefficient (Wildman–Crippen LogP) is 2.40. The molecule has 180 valence electrons. The van der Waals surface area contributed by atoms with Crippen LogP contribution in [0.25, 0.3) is 0 Å². The van der Waals surface area contributed by atoms with E-state index in [0.29, 0.717) is 17.9 Å². The Morgan fingerprint density at radius 1 is 1.00 bits per heavy atom. The third kappa shape index (κ3) is 7.77. The third-order valence-electron chi connectivity index (χ3n) is 5.39. The molecular weight excluding hydrogens is 452 g/mol. The topological polar surface area (TPSA) is 154 Å². The normalized spacial score (nSPS) is 17.6. The van der Waals surface area contributed by atoms with E-state index in [9.17, 15) is 19.2 Å². The molecule has 10 nitrogen and oxygen atoms in total. The van der Waals surface area contributed by atoms with E-state index in [1.807, 2.05) is 6.26 Å². The van der Waals surface area contributed by atoms with Crippen LogP contribution in [0.15, 0.2) is 18.2 Å². The molecule has 1 saturated carbocycles. The van der Waals surface area contributed by atoms with Gasteiger partial charge in [0.15, 0.2) is 30.5 Å². The predicted molar refractivity (Wildman–Crippen MR) is 121 cm³/mol. The highest BCUT2D eigenvalue weighted by atomic mass is 32.2. The van der Waals surface area contributed by atoms with Crippen LogP contribution < -0.4 is 9.47 Å². The quantitative estimate of drug-likeness (QED) is 0.246. The minimum absolute atomic E-state index is 0.00722. The van der Waals surface area contributed by atoms with Crippen molar-refractivity contribution in [1.82, 2.24) is 4.90 Å². The lowest BCUT2D eigenvalue weighted by Crippen LogP contribution is -2.38. The van der Waals surface area contributed by atoms with Crippen LogP contribution in [-0.4, -0.2) is 76.8 Å². The van der Waals surface area contributed by atoms with Crippen LogP contribution in [0.5, 0.6) is 11.5 Å². The molecule has 0 spiro atoms. The number of nitrogens with one attached hydrogen (secondary N) is 1. The van der Waals surface area contributed by atoms with E-state index < -0.39 is 25.2 Å². The van der Waals surface area contributed by atoms with Crippen molar-refractivity contribution in [3.05, 3.63) is 23.8 Å². The molecule has 1 amide bonds. The van der Waals surface area contributed by atoms with Crippen LogP contribution in [0.4, 0.5) is 0 Å². The molecule has 3 N–H and O–H groups in total. The summed E-state index contributed by atoms with van der Waals surface area (Å²) in [4.78, 5) is 48.5. The lowest BCUT2D eigenvalue weighted by molar-refractivity contribution is -0.140. The summed E-state index contributed by atoms with van der Waals surface area (Å²) < 4.78 is 10.2. The van der Waals surface area contributed by atoms with Crippen LogP contribution in [0, 0.1) is 17.2 Å². The standard InChI is InChI=1S/C22H28N2O8S/c1-24(22(30)14-5-3-13(4-6-14)21(23)33-2)10-16(25)15-7-8-17(31-11-19(26)27)18(9-15)32-12-20(28)29/h7-9,13-14,23H,3-6,10-12H2,1-2H3,(H,26,27)(H,28,29). The number of likely N-dealkylation sites (N-methyl/N-ethyl adjacent to an activating group) is 1. The van der Waals surface area contributed by atoms with E-state index in [1.165, 1.54) is 34.9 Å². The van der Waals surface area contributed by atoms with E-state index in [1.54, 1.807) is 7.05 Å². The Balaban J connectivity index is 2.03. The van der Waals surface area contributed by atoms with E-state index in [-0.39, 0.29) is 47.1 Å². The molecule has 1 fully saturated rings. The maximum absolute atomic E-state index is 12.8. The molecule has 0 aromatic heterocycles. The summed E-state index contributed by atoms with van der Waals surface area (Å²) in [6, 6.07) is 4.02. The summed E-state index contributed by atoms with van der Waals surface area (Å²) in [5.41, 5.74) is 0.176. The average molecular weight is 481 g/mol. The number of carbonyl (C=O) groups is 4. The second-order valence-electron chi connectivity index (χ2n) is 7.76. The Morgan fingerprint density at radius 3 is 2.09 bits per heavy atom. The molecule has 0 radical (unpaired) electrons. The number of carbonyl (C=O) groups excluding carboxylic acids is 2. The molecule has 0 aliphatic heterocycles. The zero-order valence-electron chi connectivity index (χ0n) is 18.5. The highest BCUT2D eigenvalue weighted by Crippen LogP contribution is 2.33. The number of aliphatic carboxylic acids is 2. The Labute approximate surface area is 195 Å². The first kappa shape index (κ1) is 26.2. The van der Waals surface area contributed by atoms with Crippen molar-refractivity contribution in [2.75, 3.05) is 33.1 Å². The molecule has 0 saturated heterocycles. The van der Waals surface area contributed by atoms with E-state index in [2.05, 4.69) is 0 Å². The van der Waals surface area contributed by atoms with E-state index in [4.69, 9.17) is 25.1 Å². The van der Waals surface area contributed by atoms with Crippen LogP contribution in [0.2, 0.25) is 0 Å². The molecule has 11 heteroatoms. The van der Waals surface area contributed by atoms with Crippen molar-refractivity contribution in [2.45, 2.75) is 25.7 Å². The van der Waals surface area contributed by atoms with Gasteiger partial charge in [-0.1, -0.05) is 0 Å². The highest BCUT2D eigenvalue weighted by molar-refractivity contribution is 8.13. The minimum Gasteiger partial charge on any atom is -0.479 e.